The lowest BCUT2D eigenvalue weighted by Crippen LogP contribution is -2.27. The Balaban J connectivity index is 1.87. The highest BCUT2D eigenvalue weighted by Crippen LogP contribution is 2.27. The zero-order valence-electron chi connectivity index (χ0n) is 14.7. The van der Waals surface area contributed by atoms with Crippen molar-refractivity contribution in [2.24, 2.45) is 0 Å². The van der Waals surface area contributed by atoms with E-state index in [4.69, 9.17) is 16.3 Å². The largest absolute Gasteiger partial charge is 0.494 e. The van der Waals surface area contributed by atoms with Crippen LogP contribution in [0.4, 0.5) is 0 Å². The molecular weight excluding hydrogens is 352 g/mol. The van der Waals surface area contributed by atoms with Gasteiger partial charge in [0.25, 0.3) is 5.91 Å². The molecule has 0 aliphatic heterocycles. The van der Waals surface area contributed by atoms with E-state index in [1.165, 1.54) is 0 Å². The van der Waals surface area contributed by atoms with Gasteiger partial charge in [-0.1, -0.05) is 47.1 Å². The molecule has 2 aromatic carbocycles. The van der Waals surface area contributed by atoms with Crippen molar-refractivity contribution in [3.8, 4) is 11.4 Å². The van der Waals surface area contributed by atoms with Gasteiger partial charge in [0, 0.05) is 5.02 Å². The number of carbonyl (C=O) groups excluding carboxylic acids is 1. The van der Waals surface area contributed by atoms with Crippen LogP contribution in [0.5, 0.6) is 5.75 Å². The number of benzene rings is 2. The van der Waals surface area contributed by atoms with Gasteiger partial charge in [-0.2, -0.15) is 0 Å². The van der Waals surface area contributed by atoms with Gasteiger partial charge in [-0.15, -0.1) is 5.10 Å². The fraction of sp³-hybridized carbons (Fsp3) is 0.211. The molecule has 134 valence electrons. The molecule has 0 fully saturated rings. The minimum absolute atomic E-state index is 0.144. The highest BCUT2D eigenvalue weighted by atomic mass is 35.5. The highest BCUT2D eigenvalue weighted by Gasteiger charge is 2.21. The molecule has 1 heterocycles. The van der Waals surface area contributed by atoms with Gasteiger partial charge in [-0.05, 0) is 37.6 Å². The summed E-state index contributed by atoms with van der Waals surface area (Å²) < 4.78 is 6.90. The van der Waals surface area contributed by atoms with Crippen molar-refractivity contribution in [1.82, 2.24) is 20.3 Å². The first-order chi connectivity index (χ1) is 12.5. The highest BCUT2D eigenvalue weighted by molar-refractivity contribution is 6.30. The van der Waals surface area contributed by atoms with Crippen LogP contribution in [0.3, 0.4) is 0 Å². The van der Waals surface area contributed by atoms with Crippen molar-refractivity contribution in [3.63, 3.8) is 0 Å². The second kappa shape index (κ2) is 7.58. The summed E-state index contributed by atoms with van der Waals surface area (Å²) in [6, 6.07) is 14.8. The molecule has 3 aromatic rings. The third-order valence-corrected chi connectivity index (χ3v) is 4.36. The van der Waals surface area contributed by atoms with Crippen LogP contribution in [0.1, 0.15) is 34.7 Å². The van der Waals surface area contributed by atoms with E-state index in [0.29, 0.717) is 22.2 Å². The average molecular weight is 371 g/mol. The van der Waals surface area contributed by atoms with Crippen LogP contribution < -0.4 is 10.1 Å². The van der Waals surface area contributed by atoms with Crippen LogP contribution in [-0.2, 0) is 0 Å². The summed E-state index contributed by atoms with van der Waals surface area (Å²) in [5, 5.41) is 11.6. The molecule has 7 heteroatoms. The van der Waals surface area contributed by atoms with E-state index < -0.39 is 0 Å². The number of carbonyl (C=O) groups is 1. The Labute approximate surface area is 156 Å². The fourth-order valence-corrected chi connectivity index (χ4v) is 2.85. The Morgan fingerprint density at radius 3 is 2.65 bits per heavy atom. The Hall–Kier alpha value is -2.86. The molecule has 1 aromatic heterocycles. The number of ether oxygens (including phenoxy) is 1. The van der Waals surface area contributed by atoms with E-state index in [2.05, 4.69) is 15.6 Å². The molecule has 0 aliphatic carbocycles. The lowest BCUT2D eigenvalue weighted by molar-refractivity contribution is 0.0934. The van der Waals surface area contributed by atoms with Gasteiger partial charge in [0.05, 0.1) is 18.8 Å². The predicted octanol–water partition coefficient (Wildman–Crippen LogP) is 3.73. The third-order valence-electron chi connectivity index (χ3n) is 4.13. The van der Waals surface area contributed by atoms with Gasteiger partial charge in [-0.25, -0.2) is 4.68 Å². The molecule has 0 saturated heterocycles. The summed E-state index contributed by atoms with van der Waals surface area (Å²) in [6.07, 6.45) is 0. The number of hydrogen-bond donors (Lipinski definition) is 1. The van der Waals surface area contributed by atoms with Gasteiger partial charge in [-0.3, -0.25) is 4.79 Å². The average Bonchev–Trinajstić information content (AvgIpc) is 3.03. The number of nitrogens with one attached hydrogen (secondary N) is 1. The first-order valence-electron chi connectivity index (χ1n) is 8.13. The number of methoxy groups -OCH3 is 1. The molecule has 0 aliphatic rings. The minimum Gasteiger partial charge on any atom is -0.494 e. The van der Waals surface area contributed by atoms with Crippen molar-refractivity contribution in [2.75, 3.05) is 7.11 Å². The van der Waals surface area contributed by atoms with Gasteiger partial charge in [0.1, 0.15) is 11.4 Å². The Kier molecular flexibility index (Phi) is 5.23. The topological polar surface area (TPSA) is 69.0 Å². The molecule has 1 N–H and O–H groups in total. The van der Waals surface area contributed by atoms with Crippen LogP contribution in [-0.4, -0.2) is 28.0 Å². The number of hydrogen-bond acceptors (Lipinski definition) is 4. The molecule has 1 atom stereocenters. The van der Waals surface area contributed by atoms with E-state index in [1.54, 1.807) is 36.9 Å². The SMILES string of the molecule is COc1ccc(Cl)cc1-n1nnc(C(=O)N[C@@H](C)c2ccccc2)c1C. The maximum atomic E-state index is 12.6. The smallest absolute Gasteiger partial charge is 0.274 e. The summed E-state index contributed by atoms with van der Waals surface area (Å²) in [5.74, 6) is 0.304. The number of nitrogens with zero attached hydrogens (tertiary/aromatic N) is 3. The van der Waals surface area contributed by atoms with Crippen LogP contribution in [0.15, 0.2) is 48.5 Å². The van der Waals surface area contributed by atoms with E-state index in [9.17, 15) is 4.79 Å². The zero-order valence-corrected chi connectivity index (χ0v) is 15.5. The number of halogens is 1. The molecular formula is C19H19ClN4O2. The molecule has 3 rings (SSSR count). The Morgan fingerprint density at radius 2 is 1.96 bits per heavy atom. The monoisotopic (exact) mass is 370 g/mol. The molecule has 0 spiro atoms. The molecule has 0 unspecified atom stereocenters. The summed E-state index contributed by atoms with van der Waals surface area (Å²) >= 11 is 6.09. The van der Waals surface area contributed by atoms with E-state index in [0.717, 1.165) is 5.56 Å². The summed E-state index contributed by atoms with van der Waals surface area (Å²) in [4.78, 5) is 12.6. The normalized spacial score (nSPS) is 11.8. The Bertz CT molecular complexity index is 925. The van der Waals surface area contributed by atoms with E-state index >= 15 is 0 Å². The lowest BCUT2D eigenvalue weighted by Gasteiger charge is -2.13. The number of rotatable bonds is 5. The van der Waals surface area contributed by atoms with Crippen molar-refractivity contribution >= 4 is 17.5 Å². The number of amides is 1. The quantitative estimate of drug-likeness (QED) is 0.743. The van der Waals surface area contributed by atoms with Crippen LogP contribution >= 0.6 is 11.6 Å². The van der Waals surface area contributed by atoms with Crippen molar-refractivity contribution in [2.45, 2.75) is 19.9 Å². The summed E-state index contributed by atoms with van der Waals surface area (Å²) in [7, 11) is 1.56. The first kappa shape index (κ1) is 17.9. The summed E-state index contributed by atoms with van der Waals surface area (Å²) in [5.41, 5.74) is 2.50. The number of aromatic nitrogens is 3. The molecule has 6 nitrogen and oxygen atoms in total. The van der Waals surface area contributed by atoms with Crippen molar-refractivity contribution in [1.29, 1.82) is 0 Å². The van der Waals surface area contributed by atoms with Gasteiger partial charge < -0.3 is 10.1 Å². The standard InChI is InChI=1S/C19H19ClN4O2/c1-12(14-7-5-4-6-8-14)21-19(25)18-13(2)24(23-22-18)16-11-15(20)9-10-17(16)26-3/h4-12H,1-3H3,(H,21,25)/t12-/m0/s1. The zero-order chi connectivity index (χ0) is 18.7. The van der Waals surface area contributed by atoms with Crippen LogP contribution in [0.25, 0.3) is 5.69 Å². The predicted molar refractivity (Wildman–Crippen MR) is 100.0 cm³/mol. The molecule has 0 radical (unpaired) electrons. The van der Waals surface area contributed by atoms with E-state index in [-0.39, 0.29) is 17.6 Å². The first-order valence-corrected chi connectivity index (χ1v) is 8.51. The second-order valence-electron chi connectivity index (χ2n) is 5.86. The van der Waals surface area contributed by atoms with Crippen molar-refractivity contribution in [3.05, 3.63) is 70.5 Å². The van der Waals surface area contributed by atoms with Gasteiger partial charge in [0.2, 0.25) is 0 Å². The molecule has 1 amide bonds. The molecule has 0 saturated carbocycles. The fourth-order valence-electron chi connectivity index (χ4n) is 2.69. The van der Waals surface area contributed by atoms with Crippen LogP contribution in [0, 0.1) is 6.92 Å². The minimum atomic E-state index is -0.286. The molecule has 0 bridgehead atoms. The Morgan fingerprint density at radius 1 is 1.23 bits per heavy atom. The second-order valence-corrected chi connectivity index (χ2v) is 6.29. The maximum Gasteiger partial charge on any atom is 0.274 e. The third kappa shape index (κ3) is 3.55. The van der Waals surface area contributed by atoms with Gasteiger partial charge in [0.15, 0.2) is 5.69 Å². The van der Waals surface area contributed by atoms with E-state index in [1.807, 2.05) is 37.3 Å². The summed E-state index contributed by atoms with van der Waals surface area (Å²) in [6.45, 7) is 3.70. The van der Waals surface area contributed by atoms with Gasteiger partial charge >= 0.3 is 0 Å². The van der Waals surface area contributed by atoms with Crippen molar-refractivity contribution < 1.29 is 9.53 Å². The molecule has 26 heavy (non-hydrogen) atoms. The maximum absolute atomic E-state index is 12.6. The van der Waals surface area contributed by atoms with Crippen LogP contribution in [0.2, 0.25) is 5.02 Å². The lowest BCUT2D eigenvalue weighted by atomic mass is 10.1.